The van der Waals surface area contributed by atoms with Crippen LogP contribution in [0.2, 0.25) is 0 Å². The fourth-order valence-electron chi connectivity index (χ4n) is 1.94. The molecule has 0 aromatic carbocycles. The maximum atomic E-state index is 8.50. The summed E-state index contributed by atoms with van der Waals surface area (Å²) in [5.41, 5.74) is 0. The van der Waals surface area contributed by atoms with E-state index in [4.69, 9.17) is 19.3 Å². The molecule has 0 radical (unpaired) electrons. The minimum Gasteiger partial charge on any atom is -0.394 e. The molecular weight excluding hydrogens is 256 g/mol. The van der Waals surface area contributed by atoms with Gasteiger partial charge < -0.3 is 19.3 Å². The summed E-state index contributed by atoms with van der Waals surface area (Å²) in [6.07, 6.45) is 10.6. The van der Waals surface area contributed by atoms with Crippen LogP contribution in [-0.4, -0.2) is 51.4 Å². The van der Waals surface area contributed by atoms with Gasteiger partial charge in [-0.15, -0.1) is 0 Å². The quantitative estimate of drug-likeness (QED) is 0.418. The Bertz CT molecular complexity index is 147. The first-order chi connectivity index (χ1) is 9.91. The van der Waals surface area contributed by atoms with Crippen LogP contribution in [0.25, 0.3) is 0 Å². The van der Waals surface area contributed by atoms with Gasteiger partial charge in [-0.2, -0.15) is 0 Å². The lowest BCUT2D eigenvalue weighted by Crippen LogP contribution is -2.11. The normalized spacial score (nSPS) is 11.1. The Kier molecular flexibility index (Phi) is 18.7. The Labute approximate surface area is 124 Å². The summed E-state index contributed by atoms with van der Waals surface area (Å²) < 4.78 is 15.9. The predicted octanol–water partition coefficient (Wildman–Crippen LogP) is 3.17. The SMILES string of the molecule is CCCCCCCCCCOCCOCCOCCO. The van der Waals surface area contributed by atoms with Crippen LogP contribution in [-0.2, 0) is 14.2 Å². The summed E-state index contributed by atoms with van der Waals surface area (Å²) in [7, 11) is 0. The molecule has 20 heavy (non-hydrogen) atoms. The van der Waals surface area contributed by atoms with Crippen molar-refractivity contribution in [3.05, 3.63) is 0 Å². The van der Waals surface area contributed by atoms with Crippen LogP contribution >= 0.6 is 0 Å². The van der Waals surface area contributed by atoms with E-state index in [1.807, 2.05) is 0 Å². The van der Waals surface area contributed by atoms with Crippen molar-refractivity contribution < 1.29 is 19.3 Å². The van der Waals surface area contributed by atoms with Crippen LogP contribution in [0.5, 0.6) is 0 Å². The largest absolute Gasteiger partial charge is 0.394 e. The Hall–Kier alpha value is -0.160. The lowest BCUT2D eigenvalue weighted by molar-refractivity contribution is 0.00719. The second-order valence-corrected chi connectivity index (χ2v) is 5.04. The summed E-state index contributed by atoms with van der Waals surface area (Å²) in [6.45, 7) is 5.96. The number of rotatable bonds is 17. The molecule has 0 unspecified atom stereocenters. The molecule has 0 aromatic rings. The Balaban J connectivity index is 2.89. The number of hydrogen-bond acceptors (Lipinski definition) is 4. The molecule has 0 bridgehead atoms. The maximum absolute atomic E-state index is 8.50. The fourth-order valence-corrected chi connectivity index (χ4v) is 1.94. The molecule has 0 aromatic heterocycles. The highest BCUT2D eigenvalue weighted by Gasteiger charge is 1.93. The van der Waals surface area contributed by atoms with E-state index in [2.05, 4.69) is 6.92 Å². The Morgan fingerprint density at radius 1 is 0.550 bits per heavy atom. The van der Waals surface area contributed by atoms with Crippen molar-refractivity contribution in [1.29, 1.82) is 0 Å². The van der Waals surface area contributed by atoms with Crippen molar-refractivity contribution in [2.75, 3.05) is 46.2 Å². The molecule has 0 rings (SSSR count). The highest BCUT2D eigenvalue weighted by molar-refractivity contribution is 4.45. The zero-order valence-electron chi connectivity index (χ0n) is 13.3. The first-order valence-corrected chi connectivity index (χ1v) is 8.26. The van der Waals surface area contributed by atoms with E-state index >= 15 is 0 Å². The summed E-state index contributed by atoms with van der Waals surface area (Å²) in [5, 5.41) is 8.50. The van der Waals surface area contributed by atoms with Crippen LogP contribution in [0, 0.1) is 0 Å². The molecule has 0 amide bonds. The topological polar surface area (TPSA) is 47.9 Å². The zero-order valence-corrected chi connectivity index (χ0v) is 13.3. The third-order valence-corrected chi connectivity index (χ3v) is 3.12. The van der Waals surface area contributed by atoms with Crippen molar-refractivity contribution in [3.63, 3.8) is 0 Å². The highest BCUT2D eigenvalue weighted by Crippen LogP contribution is 2.08. The Morgan fingerprint density at radius 2 is 1.00 bits per heavy atom. The van der Waals surface area contributed by atoms with Gasteiger partial charge in [-0.05, 0) is 6.42 Å². The second kappa shape index (κ2) is 18.8. The number of hydrogen-bond donors (Lipinski definition) is 1. The molecule has 0 fully saturated rings. The van der Waals surface area contributed by atoms with Gasteiger partial charge in [0.05, 0.1) is 39.6 Å². The molecule has 4 heteroatoms. The smallest absolute Gasteiger partial charge is 0.0701 e. The van der Waals surface area contributed by atoms with E-state index in [9.17, 15) is 0 Å². The lowest BCUT2D eigenvalue weighted by Gasteiger charge is -2.06. The maximum Gasteiger partial charge on any atom is 0.0701 e. The van der Waals surface area contributed by atoms with Crippen molar-refractivity contribution in [2.45, 2.75) is 58.3 Å². The lowest BCUT2D eigenvalue weighted by atomic mass is 10.1. The van der Waals surface area contributed by atoms with Crippen molar-refractivity contribution in [3.8, 4) is 0 Å². The second-order valence-electron chi connectivity index (χ2n) is 5.04. The van der Waals surface area contributed by atoms with Crippen LogP contribution in [0.3, 0.4) is 0 Å². The van der Waals surface area contributed by atoms with E-state index in [-0.39, 0.29) is 6.61 Å². The van der Waals surface area contributed by atoms with Crippen molar-refractivity contribution >= 4 is 0 Å². The molecule has 0 aliphatic heterocycles. The molecule has 0 atom stereocenters. The van der Waals surface area contributed by atoms with Crippen molar-refractivity contribution in [1.82, 2.24) is 0 Å². The van der Waals surface area contributed by atoms with Gasteiger partial charge in [0.25, 0.3) is 0 Å². The minimum absolute atomic E-state index is 0.0711. The standard InChI is InChI=1S/C16H34O4/c1-2-3-4-5-6-7-8-9-11-18-13-15-20-16-14-19-12-10-17/h17H,2-16H2,1H3. The molecule has 0 spiro atoms. The van der Waals surface area contributed by atoms with Gasteiger partial charge in [-0.25, -0.2) is 0 Å². The molecule has 0 heterocycles. The van der Waals surface area contributed by atoms with Crippen LogP contribution < -0.4 is 0 Å². The Morgan fingerprint density at radius 3 is 1.55 bits per heavy atom. The zero-order chi connectivity index (χ0) is 14.7. The van der Waals surface area contributed by atoms with Crippen molar-refractivity contribution in [2.24, 2.45) is 0 Å². The van der Waals surface area contributed by atoms with E-state index in [0.29, 0.717) is 33.0 Å². The number of ether oxygens (including phenoxy) is 3. The molecule has 1 N–H and O–H groups in total. The average Bonchev–Trinajstić information content (AvgIpc) is 2.47. The van der Waals surface area contributed by atoms with Crippen LogP contribution in [0.15, 0.2) is 0 Å². The predicted molar refractivity (Wildman–Crippen MR) is 82.2 cm³/mol. The molecule has 0 aliphatic carbocycles. The molecular formula is C16H34O4. The van der Waals surface area contributed by atoms with E-state index in [1.54, 1.807) is 0 Å². The van der Waals surface area contributed by atoms with Gasteiger partial charge in [-0.1, -0.05) is 51.9 Å². The first kappa shape index (κ1) is 19.8. The summed E-state index contributed by atoms with van der Waals surface area (Å²) in [5.74, 6) is 0. The minimum atomic E-state index is 0.0711. The van der Waals surface area contributed by atoms with Gasteiger partial charge >= 0.3 is 0 Å². The number of unbranched alkanes of at least 4 members (excludes halogenated alkanes) is 7. The van der Waals surface area contributed by atoms with E-state index in [0.717, 1.165) is 13.0 Å². The third-order valence-electron chi connectivity index (χ3n) is 3.12. The third kappa shape index (κ3) is 17.8. The van der Waals surface area contributed by atoms with Crippen LogP contribution in [0.1, 0.15) is 58.3 Å². The highest BCUT2D eigenvalue weighted by atomic mass is 16.5. The van der Waals surface area contributed by atoms with Gasteiger partial charge in [0, 0.05) is 6.61 Å². The van der Waals surface area contributed by atoms with E-state index < -0.39 is 0 Å². The molecule has 4 nitrogen and oxygen atoms in total. The van der Waals surface area contributed by atoms with Gasteiger partial charge in [0.1, 0.15) is 0 Å². The first-order valence-electron chi connectivity index (χ1n) is 8.26. The summed E-state index contributed by atoms with van der Waals surface area (Å²) >= 11 is 0. The average molecular weight is 290 g/mol. The molecule has 0 saturated carbocycles. The van der Waals surface area contributed by atoms with Crippen LogP contribution in [0.4, 0.5) is 0 Å². The number of aliphatic hydroxyl groups excluding tert-OH is 1. The van der Waals surface area contributed by atoms with Gasteiger partial charge in [0.2, 0.25) is 0 Å². The van der Waals surface area contributed by atoms with Gasteiger partial charge in [0.15, 0.2) is 0 Å². The summed E-state index contributed by atoms with van der Waals surface area (Å²) in [4.78, 5) is 0. The van der Waals surface area contributed by atoms with Gasteiger partial charge in [-0.3, -0.25) is 0 Å². The molecule has 0 aliphatic rings. The monoisotopic (exact) mass is 290 g/mol. The molecule has 122 valence electrons. The molecule has 0 saturated heterocycles. The fraction of sp³-hybridized carbons (Fsp3) is 1.00. The number of aliphatic hydroxyl groups is 1. The van der Waals surface area contributed by atoms with E-state index in [1.165, 1.54) is 44.9 Å². The summed E-state index contributed by atoms with van der Waals surface area (Å²) in [6, 6.07) is 0.